The zero-order valence-electron chi connectivity index (χ0n) is 19.7. The molecule has 0 aliphatic carbocycles. The van der Waals surface area contributed by atoms with Crippen LogP contribution in [-0.2, 0) is 23.7 Å². The summed E-state index contributed by atoms with van der Waals surface area (Å²) in [6.07, 6.45) is 7.70. The van der Waals surface area contributed by atoms with Gasteiger partial charge in [0.05, 0.1) is 0 Å². The largest absolute Gasteiger partial charge is 0.0588 e. The van der Waals surface area contributed by atoms with Crippen molar-refractivity contribution in [3.8, 4) is 0 Å². The minimum Gasteiger partial charge on any atom is -0.0588 e. The molecule has 0 amide bonds. The van der Waals surface area contributed by atoms with Gasteiger partial charge in [-0.3, -0.25) is 0 Å². The second-order valence-electron chi connectivity index (χ2n) is 10.7. The lowest BCUT2D eigenvalue weighted by Gasteiger charge is -2.21. The van der Waals surface area contributed by atoms with Crippen LogP contribution in [0.25, 0.3) is 0 Å². The molecule has 2 rings (SSSR count). The number of hydrogen-bond acceptors (Lipinski definition) is 0. The van der Waals surface area contributed by atoms with Crippen molar-refractivity contribution >= 4 is 0 Å². The third kappa shape index (κ3) is 6.50. The Morgan fingerprint density at radius 2 is 0.893 bits per heavy atom. The fraction of sp³-hybridized carbons (Fsp3) is 0.571. The van der Waals surface area contributed by atoms with Crippen molar-refractivity contribution in [3.63, 3.8) is 0 Å². The highest BCUT2D eigenvalue weighted by Gasteiger charge is 2.15. The lowest BCUT2D eigenvalue weighted by atomic mass is 9.84. The van der Waals surface area contributed by atoms with Crippen molar-refractivity contribution in [1.82, 2.24) is 0 Å². The van der Waals surface area contributed by atoms with Gasteiger partial charge in [-0.25, -0.2) is 0 Å². The average Bonchev–Trinajstić information content (AvgIpc) is 2.58. The maximum absolute atomic E-state index is 2.44. The molecule has 0 saturated carbocycles. The van der Waals surface area contributed by atoms with Crippen LogP contribution in [0.5, 0.6) is 0 Å². The van der Waals surface area contributed by atoms with E-state index < -0.39 is 0 Å². The van der Waals surface area contributed by atoms with Crippen molar-refractivity contribution in [1.29, 1.82) is 0 Å². The first-order valence-corrected chi connectivity index (χ1v) is 11.2. The van der Waals surface area contributed by atoms with Crippen LogP contribution in [0.1, 0.15) is 101 Å². The van der Waals surface area contributed by atoms with E-state index in [9.17, 15) is 0 Å². The number of rotatable bonds is 7. The molecule has 154 valence electrons. The van der Waals surface area contributed by atoms with Crippen molar-refractivity contribution in [2.45, 2.75) is 105 Å². The van der Waals surface area contributed by atoms with E-state index in [2.05, 4.69) is 91.8 Å². The molecule has 0 saturated heterocycles. The van der Waals surface area contributed by atoms with Crippen molar-refractivity contribution in [3.05, 3.63) is 69.8 Å². The summed E-state index contributed by atoms with van der Waals surface area (Å²) in [5, 5.41) is 0. The Hall–Kier alpha value is -1.56. The van der Waals surface area contributed by atoms with Gasteiger partial charge in [-0.15, -0.1) is 0 Å². The van der Waals surface area contributed by atoms with Crippen LogP contribution in [0.15, 0.2) is 36.4 Å². The predicted octanol–water partition coefficient (Wildman–Crippen LogP) is 8.24. The second-order valence-corrected chi connectivity index (χ2v) is 10.7. The Morgan fingerprint density at radius 1 is 0.536 bits per heavy atom. The summed E-state index contributed by atoms with van der Waals surface area (Å²) in [5.74, 6) is 0. The molecule has 2 aromatic rings. The highest BCUT2D eigenvalue weighted by atomic mass is 14.2. The third-order valence-electron chi connectivity index (χ3n) is 6.07. The van der Waals surface area contributed by atoms with Gasteiger partial charge in [0.15, 0.2) is 0 Å². The van der Waals surface area contributed by atoms with E-state index in [0.29, 0.717) is 0 Å². The number of aryl methyl sites for hydroxylation is 4. The Balaban J connectivity index is 1.82. The van der Waals surface area contributed by atoms with Crippen molar-refractivity contribution < 1.29 is 0 Å². The Kier molecular flexibility index (Phi) is 7.54. The maximum Gasteiger partial charge on any atom is -0.0132 e. The van der Waals surface area contributed by atoms with Crippen LogP contribution in [0.4, 0.5) is 0 Å². The molecule has 0 spiro atoms. The van der Waals surface area contributed by atoms with Gasteiger partial charge in [0, 0.05) is 0 Å². The fourth-order valence-corrected chi connectivity index (χ4v) is 3.80. The van der Waals surface area contributed by atoms with Crippen LogP contribution >= 0.6 is 0 Å². The third-order valence-corrected chi connectivity index (χ3v) is 6.07. The normalized spacial score (nSPS) is 12.4. The predicted molar refractivity (Wildman–Crippen MR) is 126 cm³/mol. The minimum atomic E-state index is 0.238. The maximum atomic E-state index is 2.44. The zero-order valence-corrected chi connectivity index (χ0v) is 19.7. The van der Waals surface area contributed by atoms with Crippen molar-refractivity contribution in [2.24, 2.45) is 0 Å². The molecule has 2 aromatic carbocycles. The summed E-state index contributed by atoms with van der Waals surface area (Å²) in [6.45, 7) is 18.3. The molecule has 0 atom stereocenters. The van der Waals surface area contributed by atoms with Gasteiger partial charge in [-0.05, 0) is 83.7 Å². The topological polar surface area (TPSA) is 0 Å². The molecule has 0 N–H and O–H groups in total. The first kappa shape index (κ1) is 22.7. The summed E-state index contributed by atoms with van der Waals surface area (Å²) < 4.78 is 0. The summed E-state index contributed by atoms with van der Waals surface area (Å²) in [6, 6.07) is 14.1. The first-order valence-electron chi connectivity index (χ1n) is 11.2. The quantitative estimate of drug-likeness (QED) is 0.425. The van der Waals surface area contributed by atoms with E-state index in [1.54, 1.807) is 11.1 Å². The molecule has 0 heteroatoms. The van der Waals surface area contributed by atoms with Crippen LogP contribution in [0.3, 0.4) is 0 Å². The van der Waals surface area contributed by atoms with E-state index in [0.717, 1.165) is 0 Å². The molecule has 0 aliphatic rings. The summed E-state index contributed by atoms with van der Waals surface area (Å²) >= 11 is 0. The van der Waals surface area contributed by atoms with E-state index in [4.69, 9.17) is 0 Å². The number of benzene rings is 2. The molecule has 0 radical (unpaired) electrons. The van der Waals surface area contributed by atoms with Gasteiger partial charge in [-0.2, -0.15) is 0 Å². The van der Waals surface area contributed by atoms with Gasteiger partial charge < -0.3 is 0 Å². The van der Waals surface area contributed by atoms with Gasteiger partial charge >= 0.3 is 0 Å². The Morgan fingerprint density at radius 3 is 1.21 bits per heavy atom. The summed E-state index contributed by atoms with van der Waals surface area (Å²) in [5.41, 5.74) is 9.38. The van der Waals surface area contributed by atoms with Crippen LogP contribution < -0.4 is 0 Å². The van der Waals surface area contributed by atoms with E-state index in [1.807, 2.05) is 0 Å². The molecule has 0 heterocycles. The smallest absolute Gasteiger partial charge is 0.0132 e. The highest BCUT2D eigenvalue weighted by Crippen LogP contribution is 2.27. The highest BCUT2D eigenvalue weighted by molar-refractivity contribution is 5.35. The van der Waals surface area contributed by atoms with E-state index in [1.165, 1.54) is 60.8 Å². The molecule has 0 nitrogen and oxygen atoms in total. The molecular weight excluding hydrogens is 336 g/mol. The molecule has 0 fully saturated rings. The molecular formula is C28H42. The average molecular weight is 379 g/mol. The molecule has 28 heavy (non-hydrogen) atoms. The molecule has 0 bridgehead atoms. The van der Waals surface area contributed by atoms with Crippen LogP contribution in [0, 0.1) is 13.8 Å². The monoisotopic (exact) mass is 378 g/mol. The number of hydrogen-bond donors (Lipinski definition) is 0. The summed E-state index contributed by atoms with van der Waals surface area (Å²) in [4.78, 5) is 0. The lowest BCUT2D eigenvalue weighted by Crippen LogP contribution is -2.11. The van der Waals surface area contributed by atoms with Gasteiger partial charge in [0.25, 0.3) is 0 Å². The summed E-state index contributed by atoms with van der Waals surface area (Å²) in [7, 11) is 0. The van der Waals surface area contributed by atoms with Crippen molar-refractivity contribution in [2.75, 3.05) is 0 Å². The van der Waals surface area contributed by atoms with Crippen LogP contribution in [0.2, 0.25) is 0 Å². The molecule has 0 aromatic heterocycles. The molecule has 0 aliphatic heterocycles. The van der Waals surface area contributed by atoms with E-state index in [-0.39, 0.29) is 10.8 Å². The SMILES string of the molecule is Cc1ccc(C(C)(C)C)cc1CCCCCCc1cc(C(C)(C)C)ccc1C. The van der Waals surface area contributed by atoms with E-state index >= 15 is 0 Å². The lowest BCUT2D eigenvalue weighted by molar-refractivity contribution is 0.586. The molecule has 0 unspecified atom stereocenters. The van der Waals surface area contributed by atoms with Gasteiger partial charge in [-0.1, -0.05) is 90.8 Å². The Bertz CT molecular complexity index is 698. The van der Waals surface area contributed by atoms with Gasteiger partial charge in [0.1, 0.15) is 0 Å². The second kappa shape index (κ2) is 9.29. The Labute approximate surface area is 174 Å². The van der Waals surface area contributed by atoms with Crippen LogP contribution in [-0.4, -0.2) is 0 Å². The van der Waals surface area contributed by atoms with Gasteiger partial charge in [0.2, 0.25) is 0 Å². The standard InChI is InChI=1S/C28H42/c1-21-15-17-25(27(3,4)5)19-23(21)13-11-9-10-12-14-24-20-26(28(6,7)8)18-16-22(24)2/h15-20H,9-14H2,1-8H3. The fourth-order valence-electron chi connectivity index (χ4n) is 3.80. The number of unbranched alkanes of at least 4 members (excludes halogenated alkanes) is 3. The first-order chi connectivity index (χ1) is 13.0. The minimum absolute atomic E-state index is 0.238. The zero-order chi connectivity index (χ0) is 20.9.